The predicted octanol–water partition coefficient (Wildman–Crippen LogP) is 4.12. The molecular formula is C22H15NO4. The largest absolute Gasteiger partial charge is 0.423 e. The van der Waals surface area contributed by atoms with Crippen molar-refractivity contribution >= 4 is 34.2 Å². The van der Waals surface area contributed by atoms with Crippen molar-refractivity contribution in [3.63, 3.8) is 0 Å². The van der Waals surface area contributed by atoms with Crippen molar-refractivity contribution in [2.24, 2.45) is 0 Å². The van der Waals surface area contributed by atoms with Gasteiger partial charge in [-0.05, 0) is 48.7 Å². The van der Waals surface area contributed by atoms with E-state index < -0.39 is 5.97 Å². The lowest BCUT2D eigenvalue weighted by atomic mass is 9.94. The first-order valence-electron chi connectivity index (χ1n) is 8.35. The van der Waals surface area contributed by atoms with Crippen LogP contribution < -0.4 is 9.64 Å². The van der Waals surface area contributed by atoms with Gasteiger partial charge in [0.2, 0.25) is 0 Å². The van der Waals surface area contributed by atoms with E-state index in [2.05, 4.69) is 6.58 Å². The van der Waals surface area contributed by atoms with Crippen molar-refractivity contribution in [2.45, 2.75) is 6.92 Å². The van der Waals surface area contributed by atoms with E-state index in [1.165, 1.54) is 12.1 Å². The maximum absolute atomic E-state index is 13.0. The van der Waals surface area contributed by atoms with Crippen LogP contribution in [0.25, 0.3) is 10.8 Å². The van der Waals surface area contributed by atoms with Crippen LogP contribution in [0.5, 0.6) is 5.75 Å². The Morgan fingerprint density at radius 3 is 1.96 bits per heavy atom. The molecule has 3 aromatic rings. The summed E-state index contributed by atoms with van der Waals surface area (Å²) in [5, 5.41) is 1.53. The second-order valence-electron chi connectivity index (χ2n) is 6.32. The molecule has 1 aliphatic rings. The van der Waals surface area contributed by atoms with E-state index in [-0.39, 0.29) is 17.4 Å². The molecule has 0 atom stereocenters. The molecule has 0 saturated heterocycles. The highest BCUT2D eigenvalue weighted by atomic mass is 16.5. The molecule has 0 radical (unpaired) electrons. The predicted molar refractivity (Wildman–Crippen MR) is 102 cm³/mol. The number of carbonyl (C=O) groups excluding carboxylic acids is 3. The molecule has 5 heteroatoms. The third kappa shape index (κ3) is 2.69. The summed E-state index contributed by atoms with van der Waals surface area (Å²) in [4.78, 5) is 38.7. The Hall–Kier alpha value is -3.73. The SMILES string of the molecule is C=C(C)C(=O)Oc1ccc(N2C(=O)c3cccc4cccc(c34)C2=O)cc1. The topological polar surface area (TPSA) is 63.7 Å². The molecule has 0 spiro atoms. The lowest BCUT2D eigenvalue weighted by Crippen LogP contribution is -2.40. The van der Waals surface area contributed by atoms with Crippen molar-refractivity contribution in [1.29, 1.82) is 0 Å². The number of anilines is 1. The Morgan fingerprint density at radius 2 is 1.44 bits per heavy atom. The van der Waals surface area contributed by atoms with Crippen LogP contribution in [-0.4, -0.2) is 17.8 Å². The fraction of sp³-hybridized carbons (Fsp3) is 0.0455. The van der Waals surface area contributed by atoms with E-state index in [1.807, 2.05) is 12.1 Å². The molecule has 1 aliphatic heterocycles. The molecule has 3 aromatic carbocycles. The number of imide groups is 1. The van der Waals surface area contributed by atoms with Crippen LogP contribution in [0.2, 0.25) is 0 Å². The minimum absolute atomic E-state index is 0.283. The van der Waals surface area contributed by atoms with Gasteiger partial charge in [0.15, 0.2) is 0 Å². The van der Waals surface area contributed by atoms with Gasteiger partial charge in [-0.15, -0.1) is 0 Å². The maximum atomic E-state index is 13.0. The molecule has 4 rings (SSSR count). The van der Waals surface area contributed by atoms with Gasteiger partial charge in [-0.2, -0.15) is 0 Å². The van der Waals surface area contributed by atoms with Gasteiger partial charge in [0.1, 0.15) is 5.75 Å². The fourth-order valence-electron chi connectivity index (χ4n) is 3.12. The summed E-state index contributed by atoms with van der Waals surface area (Å²) in [5.41, 5.74) is 1.66. The third-order valence-corrected chi connectivity index (χ3v) is 4.43. The maximum Gasteiger partial charge on any atom is 0.338 e. The van der Waals surface area contributed by atoms with E-state index in [0.717, 1.165) is 10.3 Å². The summed E-state index contributed by atoms with van der Waals surface area (Å²) in [6.45, 7) is 5.09. The molecule has 27 heavy (non-hydrogen) atoms. The zero-order valence-corrected chi connectivity index (χ0v) is 14.6. The zero-order chi connectivity index (χ0) is 19.1. The molecule has 1 heterocycles. The number of ether oxygens (including phenoxy) is 1. The third-order valence-electron chi connectivity index (χ3n) is 4.43. The van der Waals surface area contributed by atoms with E-state index in [9.17, 15) is 14.4 Å². The normalized spacial score (nSPS) is 13.0. The molecule has 0 N–H and O–H groups in total. The van der Waals surface area contributed by atoms with Gasteiger partial charge in [0, 0.05) is 22.1 Å². The molecule has 0 fully saturated rings. The summed E-state index contributed by atoms with van der Waals surface area (Å²) in [5.74, 6) is -0.980. The number of hydrogen-bond donors (Lipinski definition) is 0. The Kier molecular flexibility index (Phi) is 3.85. The molecule has 0 aromatic heterocycles. The molecule has 132 valence electrons. The number of esters is 1. The Balaban J connectivity index is 1.73. The van der Waals surface area contributed by atoms with Crippen molar-refractivity contribution in [3.05, 3.63) is 83.9 Å². The van der Waals surface area contributed by atoms with Gasteiger partial charge >= 0.3 is 5.97 Å². The number of carbonyl (C=O) groups is 3. The van der Waals surface area contributed by atoms with Crippen LogP contribution in [-0.2, 0) is 4.79 Å². The summed E-state index contributed by atoms with van der Waals surface area (Å²) < 4.78 is 5.15. The number of rotatable bonds is 3. The first kappa shape index (κ1) is 16.7. The highest BCUT2D eigenvalue weighted by Gasteiger charge is 2.33. The Morgan fingerprint density at radius 1 is 0.889 bits per heavy atom. The highest BCUT2D eigenvalue weighted by Crippen LogP contribution is 2.33. The first-order valence-corrected chi connectivity index (χ1v) is 8.35. The second-order valence-corrected chi connectivity index (χ2v) is 6.32. The van der Waals surface area contributed by atoms with Gasteiger partial charge in [-0.3, -0.25) is 9.59 Å². The van der Waals surface area contributed by atoms with Crippen LogP contribution in [0.3, 0.4) is 0 Å². The zero-order valence-electron chi connectivity index (χ0n) is 14.6. The van der Waals surface area contributed by atoms with Crippen LogP contribution in [0, 0.1) is 0 Å². The molecule has 5 nitrogen and oxygen atoms in total. The summed E-state index contributed by atoms with van der Waals surface area (Å²) in [6.07, 6.45) is 0. The van der Waals surface area contributed by atoms with E-state index in [1.54, 1.807) is 43.3 Å². The number of amides is 2. The Labute approximate surface area is 155 Å². The van der Waals surface area contributed by atoms with Gasteiger partial charge in [-0.25, -0.2) is 9.69 Å². The van der Waals surface area contributed by atoms with E-state index in [0.29, 0.717) is 28.0 Å². The molecule has 0 unspecified atom stereocenters. The van der Waals surface area contributed by atoms with Crippen LogP contribution >= 0.6 is 0 Å². The lowest BCUT2D eigenvalue weighted by Gasteiger charge is -2.27. The average molecular weight is 357 g/mol. The quantitative estimate of drug-likeness (QED) is 0.306. The summed E-state index contributed by atoms with van der Waals surface area (Å²) >= 11 is 0. The van der Waals surface area contributed by atoms with Crippen LogP contribution in [0.1, 0.15) is 27.6 Å². The van der Waals surface area contributed by atoms with E-state index in [4.69, 9.17) is 4.74 Å². The monoisotopic (exact) mass is 357 g/mol. The molecule has 2 amide bonds. The van der Waals surface area contributed by atoms with Crippen LogP contribution in [0.4, 0.5) is 5.69 Å². The van der Waals surface area contributed by atoms with Gasteiger partial charge in [0.05, 0.1) is 5.69 Å². The molecular weight excluding hydrogens is 342 g/mol. The molecule has 0 saturated carbocycles. The van der Waals surface area contributed by atoms with Gasteiger partial charge < -0.3 is 4.74 Å². The van der Waals surface area contributed by atoms with E-state index >= 15 is 0 Å². The molecule has 0 bridgehead atoms. The van der Waals surface area contributed by atoms with Crippen molar-refractivity contribution in [2.75, 3.05) is 4.90 Å². The second kappa shape index (κ2) is 6.21. The fourth-order valence-corrected chi connectivity index (χ4v) is 3.12. The van der Waals surface area contributed by atoms with Gasteiger partial charge in [0.25, 0.3) is 11.8 Å². The number of benzene rings is 3. The Bertz CT molecular complexity index is 1080. The lowest BCUT2D eigenvalue weighted by molar-refractivity contribution is -0.130. The van der Waals surface area contributed by atoms with Crippen molar-refractivity contribution in [1.82, 2.24) is 0 Å². The number of nitrogens with zero attached hydrogens (tertiary/aromatic N) is 1. The minimum atomic E-state index is -0.534. The average Bonchev–Trinajstić information content (AvgIpc) is 2.67. The standard InChI is InChI=1S/C22H15NO4/c1-13(2)22(26)27-16-11-9-15(10-12-16)23-20(24)17-7-3-5-14-6-4-8-18(19(14)17)21(23)25/h3-12H,1H2,2H3. The van der Waals surface area contributed by atoms with Crippen molar-refractivity contribution in [3.8, 4) is 5.75 Å². The summed E-state index contributed by atoms with van der Waals surface area (Å²) in [6, 6.07) is 17.0. The summed E-state index contributed by atoms with van der Waals surface area (Å²) in [7, 11) is 0. The molecule has 0 aliphatic carbocycles. The first-order chi connectivity index (χ1) is 13.0. The highest BCUT2D eigenvalue weighted by molar-refractivity contribution is 6.35. The number of hydrogen-bond acceptors (Lipinski definition) is 4. The van der Waals surface area contributed by atoms with Crippen molar-refractivity contribution < 1.29 is 19.1 Å². The smallest absolute Gasteiger partial charge is 0.338 e. The minimum Gasteiger partial charge on any atom is -0.423 e. The van der Waals surface area contributed by atoms with Crippen LogP contribution in [0.15, 0.2) is 72.8 Å². The van der Waals surface area contributed by atoms with Gasteiger partial charge in [-0.1, -0.05) is 30.8 Å².